The monoisotopic (exact) mass is 372 g/mol. The molecule has 0 aliphatic rings. The number of carbonyl (C=O) groups excluding carboxylic acids is 1. The van der Waals surface area contributed by atoms with E-state index in [0.29, 0.717) is 12.0 Å². The number of Topliss-reactive ketones (excluding diaryl/α,β-unsaturated/α-hetero) is 1. The number of carbonyl (C=O) groups is 1. The minimum atomic E-state index is -0.637. The molecule has 1 atom stereocenters. The van der Waals surface area contributed by atoms with Crippen LogP contribution in [0.15, 0.2) is 42.5 Å². The molecule has 2 rings (SSSR count). The van der Waals surface area contributed by atoms with Crippen LogP contribution in [0.2, 0.25) is 0 Å². The van der Waals surface area contributed by atoms with Gasteiger partial charge in [0, 0.05) is 16.7 Å². The first-order valence-corrected chi connectivity index (χ1v) is 9.45. The van der Waals surface area contributed by atoms with Crippen molar-refractivity contribution in [1.82, 2.24) is 0 Å². The van der Waals surface area contributed by atoms with Crippen LogP contribution in [0.25, 0.3) is 0 Å². The third-order valence-electron chi connectivity index (χ3n) is 4.55. The Bertz CT molecular complexity index is 745. The van der Waals surface area contributed by atoms with Crippen molar-refractivity contribution in [3.05, 3.63) is 64.7 Å². The van der Waals surface area contributed by atoms with Gasteiger partial charge in [-0.3, -0.25) is 4.79 Å². The third kappa shape index (κ3) is 4.67. The summed E-state index contributed by atoms with van der Waals surface area (Å²) in [7, 11) is 0. The van der Waals surface area contributed by atoms with E-state index in [1.807, 2.05) is 71.9 Å². The van der Waals surface area contributed by atoms with Gasteiger partial charge in [-0.15, -0.1) is 11.6 Å². The van der Waals surface area contributed by atoms with Crippen LogP contribution in [-0.4, -0.2) is 16.3 Å². The highest BCUT2D eigenvalue weighted by molar-refractivity contribution is 6.34. The van der Waals surface area contributed by atoms with Gasteiger partial charge in [-0.05, 0) is 34.9 Å². The molecular weight excluding hydrogens is 344 g/mol. The topological polar surface area (TPSA) is 37.3 Å². The summed E-state index contributed by atoms with van der Waals surface area (Å²) in [5, 5.41) is 10.2. The highest BCUT2D eigenvalue weighted by Crippen LogP contribution is 2.40. The molecule has 2 aromatic carbocycles. The van der Waals surface area contributed by atoms with Crippen molar-refractivity contribution in [2.75, 3.05) is 0 Å². The van der Waals surface area contributed by atoms with Gasteiger partial charge in [-0.25, -0.2) is 0 Å². The summed E-state index contributed by atoms with van der Waals surface area (Å²) in [6.45, 7) is 12.2. The summed E-state index contributed by atoms with van der Waals surface area (Å²) in [5.74, 6) is 0.169. The van der Waals surface area contributed by atoms with Crippen LogP contribution < -0.4 is 0 Å². The van der Waals surface area contributed by atoms with E-state index in [-0.39, 0.29) is 22.4 Å². The number of phenolic OH excluding ortho intramolecular Hbond substituents is 1. The van der Waals surface area contributed by atoms with Crippen molar-refractivity contribution < 1.29 is 9.90 Å². The zero-order valence-corrected chi connectivity index (χ0v) is 17.3. The maximum atomic E-state index is 13.0. The molecular formula is C23H29ClO2. The Morgan fingerprint density at radius 3 is 1.85 bits per heavy atom. The molecule has 1 unspecified atom stereocenters. The van der Waals surface area contributed by atoms with Crippen LogP contribution in [0.1, 0.15) is 68.6 Å². The fourth-order valence-electron chi connectivity index (χ4n) is 3.01. The largest absolute Gasteiger partial charge is 0.507 e. The standard InChI is InChI=1S/C23H29ClO2/c1-22(2,3)17-13-16(14-18(21(17)26)23(4,5)6)20(25)19(24)12-15-10-8-7-9-11-15/h7-11,13-14,19,26H,12H2,1-6H3. The van der Waals surface area contributed by atoms with Crippen molar-refractivity contribution in [3.8, 4) is 5.75 Å². The zero-order chi connectivity index (χ0) is 19.7. The van der Waals surface area contributed by atoms with Crippen molar-refractivity contribution in [2.24, 2.45) is 0 Å². The van der Waals surface area contributed by atoms with Crippen LogP contribution in [0, 0.1) is 0 Å². The number of halogens is 1. The third-order valence-corrected chi connectivity index (χ3v) is 4.91. The maximum Gasteiger partial charge on any atom is 0.181 e. The van der Waals surface area contributed by atoms with Crippen LogP contribution in [0.5, 0.6) is 5.75 Å². The Labute approximate surface area is 162 Å². The summed E-state index contributed by atoms with van der Waals surface area (Å²) in [4.78, 5) is 13.0. The smallest absolute Gasteiger partial charge is 0.181 e. The van der Waals surface area contributed by atoms with Crippen molar-refractivity contribution in [3.63, 3.8) is 0 Å². The summed E-state index contributed by atoms with van der Waals surface area (Å²) in [6.07, 6.45) is 0.484. The number of alkyl halides is 1. The molecule has 0 aliphatic carbocycles. The Balaban J connectivity index is 2.46. The van der Waals surface area contributed by atoms with E-state index in [4.69, 9.17) is 11.6 Å². The van der Waals surface area contributed by atoms with Crippen LogP contribution in [0.3, 0.4) is 0 Å². The minimum absolute atomic E-state index is 0.105. The number of ketones is 1. The van der Waals surface area contributed by atoms with Gasteiger partial charge in [-0.1, -0.05) is 71.9 Å². The lowest BCUT2D eigenvalue weighted by Crippen LogP contribution is -2.22. The van der Waals surface area contributed by atoms with Gasteiger partial charge in [0.2, 0.25) is 0 Å². The van der Waals surface area contributed by atoms with Gasteiger partial charge < -0.3 is 5.11 Å². The van der Waals surface area contributed by atoms with E-state index >= 15 is 0 Å². The first-order chi connectivity index (χ1) is 11.9. The fourth-order valence-corrected chi connectivity index (χ4v) is 3.32. The molecule has 26 heavy (non-hydrogen) atoms. The van der Waals surface area contributed by atoms with E-state index in [9.17, 15) is 9.90 Å². The second-order valence-electron chi connectivity index (χ2n) is 8.94. The van der Waals surface area contributed by atoms with Gasteiger partial charge in [0.1, 0.15) is 11.1 Å². The average Bonchev–Trinajstić information content (AvgIpc) is 2.53. The van der Waals surface area contributed by atoms with E-state index in [0.717, 1.165) is 16.7 Å². The molecule has 0 saturated carbocycles. The Morgan fingerprint density at radius 2 is 1.42 bits per heavy atom. The second-order valence-corrected chi connectivity index (χ2v) is 9.47. The van der Waals surface area contributed by atoms with Gasteiger partial charge in [-0.2, -0.15) is 0 Å². The molecule has 0 radical (unpaired) electrons. The summed E-state index contributed by atoms with van der Waals surface area (Å²) in [5.41, 5.74) is 2.59. The molecule has 2 aromatic rings. The number of benzene rings is 2. The number of hydrogen-bond donors (Lipinski definition) is 1. The lowest BCUT2D eigenvalue weighted by Gasteiger charge is -2.28. The SMILES string of the molecule is CC(C)(C)c1cc(C(=O)C(Cl)Cc2ccccc2)cc(C(C)(C)C)c1O. The van der Waals surface area contributed by atoms with Crippen LogP contribution in [-0.2, 0) is 17.3 Å². The molecule has 0 amide bonds. The zero-order valence-electron chi connectivity index (χ0n) is 16.6. The quantitative estimate of drug-likeness (QED) is 0.526. The van der Waals surface area contributed by atoms with E-state index < -0.39 is 5.38 Å². The van der Waals surface area contributed by atoms with Crippen molar-refractivity contribution in [1.29, 1.82) is 0 Å². The molecule has 0 aliphatic heterocycles. The Hall–Kier alpha value is -1.80. The van der Waals surface area contributed by atoms with Crippen LogP contribution in [0.4, 0.5) is 0 Å². The molecule has 0 bridgehead atoms. The Kier molecular flexibility index (Phi) is 5.87. The molecule has 2 nitrogen and oxygen atoms in total. The molecule has 0 heterocycles. The summed E-state index contributed by atoms with van der Waals surface area (Å²) in [6, 6.07) is 13.4. The van der Waals surface area contributed by atoms with E-state index in [1.165, 1.54) is 0 Å². The molecule has 140 valence electrons. The van der Waals surface area contributed by atoms with Gasteiger partial charge in [0.05, 0.1) is 0 Å². The molecule has 0 fully saturated rings. The first-order valence-electron chi connectivity index (χ1n) is 9.01. The number of phenols is 1. The lowest BCUT2D eigenvalue weighted by atomic mass is 9.78. The fraction of sp³-hybridized carbons (Fsp3) is 0.435. The minimum Gasteiger partial charge on any atom is -0.507 e. The predicted octanol–water partition coefficient (Wildman–Crippen LogP) is 6.02. The molecule has 1 N–H and O–H groups in total. The van der Waals surface area contributed by atoms with Gasteiger partial charge in [0.25, 0.3) is 0 Å². The van der Waals surface area contributed by atoms with E-state index in [2.05, 4.69) is 0 Å². The second kappa shape index (κ2) is 7.44. The van der Waals surface area contributed by atoms with Crippen molar-refractivity contribution >= 4 is 17.4 Å². The van der Waals surface area contributed by atoms with Gasteiger partial charge >= 0.3 is 0 Å². The predicted molar refractivity (Wildman–Crippen MR) is 110 cm³/mol. The van der Waals surface area contributed by atoms with Crippen molar-refractivity contribution in [2.45, 2.75) is 64.2 Å². The highest BCUT2D eigenvalue weighted by Gasteiger charge is 2.29. The summed E-state index contributed by atoms with van der Waals surface area (Å²) >= 11 is 6.46. The molecule has 0 aromatic heterocycles. The Morgan fingerprint density at radius 1 is 0.962 bits per heavy atom. The lowest BCUT2D eigenvalue weighted by molar-refractivity contribution is 0.0986. The maximum absolute atomic E-state index is 13.0. The normalized spacial score (nSPS) is 13.5. The molecule has 0 saturated heterocycles. The van der Waals surface area contributed by atoms with Gasteiger partial charge in [0.15, 0.2) is 5.78 Å². The number of aromatic hydroxyl groups is 1. The summed E-state index contributed by atoms with van der Waals surface area (Å²) < 4.78 is 0. The number of hydrogen-bond acceptors (Lipinski definition) is 2. The average molecular weight is 373 g/mol. The first kappa shape index (κ1) is 20.5. The highest BCUT2D eigenvalue weighted by atomic mass is 35.5. The molecule has 3 heteroatoms. The van der Waals surface area contributed by atoms with E-state index in [1.54, 1.807) is 12.1 Å². The number of rotatable bonds is 4. The molecule has 0 spiro atoms. The van der Waals surface area contributed by atoms with Crippen LogP contribution >= 0.6 is 11.6 Å².